The van der Waals surface area contributed by atoms with Crippen molar-refractivity contribution in [3.05, 3.63) is 66.9 Å². The molecule has 0 aliphatic carbocycles. The first-order valence-corrected chi connectivity index (χ1v) is 11.5. The zero-order chi connectivity index (χ0) is 18.2. The monoisotopic (exact) mass is 503 g/mol. The fourth-order valence-electron chi connectivity index (χ4n) is 2.06. The van der Waals surface area contributed by atoms with E-state index < -0.39 is 35.9 Å². The van der Waals surface area contributed by atoms with Gasteiger partial charge in [0.1, 0.15) is 0 Å². The molecular formula is C15H10ClF3INO3S. The van der Waals surface area contributed by atoms with Gasteiger partial charge in [-0.1, -0.05) is 0 Å². The second kappa shape index (κ2) is 6.78. The first-order valence-electron chi connectivity index (χ1n) is 6.72. The van der Waals surface area contributed by atoms with Crippen LogP contribution in [-0.4, -0.2) is 18.9 Å². The number of halogens is 5. The Labute approximate surface area is 154 Å². The fraction of sp³-hybridized carbons (Fsp3) is 0.0667. The molecule has 25 heavy (non-hydrogen) atoms. The van der Waals surface area contributed by atoms with E-state index in [-0.39, 0.29) is 0 Å². The molecule has 1 heterocycles. The minimum atomic E-state index is -5.73. The van der Waals surface area contributed by atoms with Crippen LogP contribution in [0, 0.1) is 7.14 Å². The van der Waals surface area contributed by atoms with E-state index in [0.29, 0.717) is 23.1 Å². The Balaban J connectivity index is 2.17. The Hall–Kier alpha value is -1.30. The number of rotatable bonds is 4. The maximum absolute atomic E-state index is 12.8. The van der Waals surface area contributed by atoms with Crippen LogP contribution in [0.2, 0.25) is 5.02 Å². The molecule has 2 aromatic carbocycles. The molecule has 0 aliphatic heterocycles. The molecule has 4 nitrogen and oxygen atoms in total. The Morgan fingerprint density at radius 3 is 2.36 bits per heavy atom. The zero-order valence-electron chi connectivity index (χ0n) is 12.2. The van der Waals surface area contributed by atoms with Crippen molar-refractivity contribution in [2.45, 2.75) is 5.51 Å². The van der Waals surface area contributed by atoms with E-state index in [2.05, 4.69) is 4.98 Å². The third-order valence-electron chi connectivity index (χ3n) is 3.16. The number of benzene rings is 2. The van der Waals surface area contributed by atoms with Crippen LogP contribution < -0.4 is 0 Å². The van der Waals surface area contributed by atoms with Gasteiger partial charge in [0.05, 0.1) is 0 Å². The second-order valence-corrected chi connectivity index (χ2v) is 11.6. The van der Waals surface area contributed by atoms with Crippen molar-refractivity contribution in [2.24, 2.45) is 0 Å². The van der Waals surface area contributed by atoms with E-state index in [9.17, 15) is 21.6 Å². The molecule has 134 valence electrons. The first-order chi connectivity index (χ1) is 11.7. The fourth-order valence-corrected chi connectivity index (χ4v) is 9.06. The summed E-state index contributed by atoms with van der Waals surface area (Å²) in [4.78, 5) is 2.88. The summed E-state index contributed by atoms with van der Waals surface area (Å²) >= 11 is 2.66. The predicted octanol–water partition coefficient (Wildman–Crippen LogP) is 5.15. The van der Waals surface area contributed by atoms with Gasteiger partial charge in [-0.05, 0) is 0 Å². The van der Waals surface area contributed by atoms with E-state index in [1.54, 1.807) is 48.5 Å². The number of aromatic amines is 1. The first kappa shape index (κ1) is 18.5. The molecule has 0 radical (unpaired) electrons. The van der Waals surface area contributed by atoms with Crippen molar-refractivity contribution in [1.29, 1.82) is 0 Å². The summed E-state index contributed by atoms with van der Waals surface area (Å²) in [6.07, 6.45) is 1.46. The van der Waals surface area contributed by atoms with Gasteiger partial charge < -0.3 is 0 Å². The molecule has 0 saturated heterocycles. The van der Waals surface area contributed by atoms with Gasteiger partial charge in [0.15, 0.2) is 0 Å². The van der Waals surface area contributed by atoms with Crippen LogP contribution in [0.3, 0.4) is 0 Å². The van der Waals surface area contributed by atoms with Gasteiger partial charge in [0.25, 0.3) is 0 Å². The van der Waals surface area contributed by atoms with Crippen LogP contribution in [0.1, 0.15) is 0 Å². The third-order valence-corrected chi connectivity index (χ3v) is 10.6. The van der Waals surface area contributed by atoms with Crippen LogP contribution in [-0.2, 0) is 12.6 Å². The Bertz CT molecular complexity index is 1010. The van der Waals surface area contributed by atoms with Crippen LogP contribution in [0.4, 0.5) is 13.2 Å². The van der Waals surface area contributed by atoms with E-state index in [0.717, 1.165) is 0 Å². The van der Waals surface area contributed by atoms with Crippen molar-refractivity contribution in [3.8, 4) is 0 Å². The molecule has 0 aliphatic rings. The number of fused-ring (bicyclic) bond motifs is 1. The molecule has 1 aromatic heterocycles. The van der Waals surface area contributed by atoms with Gasteiger partial charge in [0.2, 0.25) is 0 Å². The molecule has 10 heteroatoms. The topological polar surface area (TPSA) is 59.2 Å². The summed E-state index contributed by atoms with van der Waals surface area (Å²) in [5.74, 6) is 0. The van der Waals surface area contributed by atoms with Crippen molar-refractivity contribution in [3.63, 3.8) is 0 Å². The Morgan fingerprint density at radius 1 is 1.04 bits per heavy atom. The zero-order valence-corrected chi connectivity index (χ0v) is 15.9. The van der Waals surface area contributed by atoms with E-state index >= 15 is 0 Å². The van der Waals surface area contributed by atoms with Gasteiger partial charge in [0, 0.05) is 0 Å². The maximum atomic E-state index is 12.8. The number of para-hydroxylation sites is 1. The summed E-state index contributed by atoms with van der Waals surface area (Å²) in [7, 11) is -5.73. The third kappa shape index (κ3) is 3.64. The number of alkyl halides is 3. The average molecular weight is 504 g/mol. The number of hydrogen-bond donors (Lipinski definition) is 1. The molecule has 0 amide bonds. The van der Waals surface area contributed by atoms with Crippen LogP contribution in [0.25, 0.3) is 10.9 Å². The molecule has 3 aromatic rings. The Morgan fingerprint density at radius 2 is 1.72 bits per heavy atom. The van der Waals surface area contributed by atoms with Gasteiger partial charge in [-0.2, -0.15) is 0 Å². The van der Waals surface area contributed by atoms with Gasteiger partial charge in [-0.3, -0.25) is 0 Å². The Kier molecular flexibility index (Phi) is 5.02. The SMILES string of the molecule is O=S(=O)(OI(c1ccccc1)c1c[nH]c2c(Cl)cccc12)C(F)(F)F. The molecule has 0 bridgehead atoms. The molecule has 0 atom stereocenters. The van der Waals surface area contributed by atoms with E-state index in [4.69, 9.17) is 14.1 Å². The number of aromatic nitrogens is 1. The molecule has 3 rings (SSSR count). The van der Waals surface area contributed by atoms with Crippen LogP contribution >= 0.6 is 31.8 Å². The van der Waals surface area contributed by atoms with Crippen molar-refractivity contribution in [1.82, 2.24) is 4.98 Å². The molecule has 0 unspecified atom stereocenters. The van der Waals surface area contributed by atoms with Crippen LogP contribution in [0.5, 0.6) is 0 Å². The molecular weight excluding hydrogens is 494 g/mol. The predicted molar refractivity (Wildman–Crippen MR) is 97.2 cm³/mol. The average Bonchev–Trinajstić information content (AvgIpc) is 2.98. The summed E-state index contributed by atoms with van der Waals surface area (Å²) in [6, 6.07) is 12.9. The van der Waals surface area contributed by atoms with Crippen molar-refractivity contribution in [2.75, 3.05) is 0 Å². The number of hydrogen-bond acceptors (Lipinski definition) is 3. The van der Waals surface area contributed by atoms with Gasteiger partial charge >= 0.3 is 154 Å². The standard InChI is InChI=1S/C15H10ClF3INO3S/c16-12-8-4-7-11-13(9-21-14(11)12)20(10-5-2-1-3-6-10)24-25(22,23)15(17,18)19/h1-9,21H. The summed E-state index contributed by atoms with van der Waals surface area (Å²) in [5, 5.41) is 0.922. The summed E-state index contributed by atoms with van der Waals surface area (Å²) < 4.78 is 67.1. The van der Waals surface area contributed by atoms with Crippen LogP contribution in [0.15, 0.2) is 54.7 Å². The van der Waals surface area contributed by atoms with Crippen molar-refractivity contribution < 1.29 is 24.1 Å². The molecule has 0 saturated carbocycles. The quantitative estimate of drug-likeness (QED) is 0.396. The number of H-pyrrole nitrogens is 1. The summed E-state index contributed by atoms with van der Waals surface area (Å²) in [5.41, 5.74) is -4.97. The molecule has 0 spiro atoms. The molecule has 1 N–H and O–H groups in total. The molecule has 0 fully saturated rings. The van der Waals surface area contributed by atoms with Gasteiger partial charge in [-0.25, -0.2) is 0 Å². The van der Waals surface area contributed by atoms with E-state index in [1.165, 1.54) is 6.20 Å². The summed E-state index contributed by atoms with van der Waals surface area (Å²) in [6.45, 7) is 0. The van der Waals surface area contributed by atoms with Gasteiger partial charge in [-0.15, -0.1) is 0 Å². The normalized spacial score (nSPS) is 13.2. The van der Waals surface area contributed by atoms with Crippen molar-refractivity contribution >= 4 is 52.9 Å². The second-order valence-electron chi connectivity index (χ2n) is 4.81. The number of nitrogens with one attached hydrogen (secondary N) is 1. The van der Waals surface area contributed by atoms with E-state index in [1.807, 2.05) is 0 Å². The minimum absolute atomic E-state index is 0.381.